The van der Waals surface area contributed by atoms with Crippen molar-refractivity contribution in [3.05, 3.63) is 87.3 Å². The Labute approximate surface area is 218 Å². The zero-order valence-electron chi connectivity index (χ0n) is 18.3. The van der Waals surface area contributed by atoms with Crippen LogP contribution in [0.3, 0.4) is 0 Å². The predicted octanol–water partition coefficient (Wildman–Crippen LogP) is 5.88. The van der Waals surface area contributed by atoms with Gasteiger partial charge in [0.2, 0.25) is 0 Å². The van der Waals surface area contributed by atoms with Crippen LogP contribution in [-0.2, 0) is 9.53 Å². The monoisotopic (exact) mass is 602 g/mol. The van der Waals surface area contributed by atoms with E-state index in [1.807, 2.05) is 0 Å². The number of urea groups is 2. The Morgan fingerprint density at radius 1 is 0.886 bits per heavy atom. The number of carbonyl (C=O) groups is 3. The van der Waals surface area contributed by atoms with E-state index in [9.17, 15) is 19.5 Å². The van der Waals surface area contributed by atoms with Crippen LogP contribution in [0.5, 0.6) is 5.75 Å². The van der Waals surface area contributed by atoms with Crippen LogP contribution >= 0.6 is 31.9 Å². The third-order valence-corrected chi connectivity index (χ3v) is 5.92. The van der Waals surface area contributed by atoms with Gasteiger partial charge in [0.15, 0.2) is 0 Å². The minimum atomic E-state index is -0.761. The number of aromatic hydroxyl groups is 1. The summed E-state index contributed by atoms with van der Waals surface area (Å²) >= 11 is 6.71. The number of para-hydroxylation sites is 3. The van der Waals surface area contributed by atoms with E-state index in [1.165, 1.54) is 25.3 Å². The third-order valence-electron chi connectivity index (χ3n) is 4.54. The normalized spacial score (nSPS) is 10.5. The number of amides is 4. The molecule has 0 aromatic heterocycles. The van der Waals surface area contributed by atoms with Gasteiger partial charge >= 0.3 is 18.0 Å². The summed E-state index contributed by atoms with van der Waals surface area (Å²) in [5.41, 5.74) is 3.54. The van der Waals surface area contributed by atoms with Crippen LogP contribution in [0, 0.1) is 0 Å². The summed E-state index contributed by atoms with van der Waals surface area (Å²) in [6.07, 6.45) is 2.45. The molecule has 3 aromatic carbocycles. The van der Waals surface area contributed by atoms with Gasteiger partial charge in [-0.15, -0.1) is 0 Å². The number of halogens is 2. The van der Waals surface area contributed by atoms with E-state index in [2.05, 4.69) is 52.7 Å². The number of hydrazine groups is 1. The average molecular weight is 604 g/mol. The summed E-state index contributed by atoms with van der Waals surface area (Å²) in [7, 11) is 1.23. The van der Waals surface area contributed by atoms with Crippen LogP contribution in [-0.4, -0.2) is 30.2 Å². The molecule has 0 aliphatic rings. The lowest BCUT2D eigenvalue weighted by molar-refractivity contribution is -0.134. The van der Waals surface area contributed by atoms with Gasteiger partial charge < -0.3 is 20.5 Å². The van der Waals surface area contributed by atoms with Gasteiger partial charge in [0.25, 0.3) is 0 Å². The van der Waals surface area contributed by atoms with Gasteiger partial charge in [-0.25, -0.2) is 19.8 Å². The van der Waals surface area contributed by atoms with Crippen molar-refractivity contribution in [3.63, 3.8) is 0 Å². The standard InChI is InChI=1S/C24H20Br2N4O5/c1-35-21(31)14-13-15-7-6-12-20(22(15)32)30(24(34)28-19-11-5-3-9-17(19)26)29-23(33)27-18-10-4-2-8-16(18)25/h2-14,32H,1H3,(H,28,34)(H2,27,29,33)/b14-13+. The Kier molecular flexibility index (Phi) is 8.87. The van der Waals surface area contributed by atoms with Crippen molar-refractivity contribution < 1.29 is 24.2 Å². The lowest BCUT2D eigenvalue weighted by Gasteiger charge is -2.25. The van der Waals surface area contributed by atoms with E-state index in [0.29, 0.717) is 20.3 Å². The van der Waals surface area contributed by atoms with Gasteiger partial charge in [0, 0.05) is 20.6 Å². The molecule has 180 valence electrons. The summed E-state index contributed by atoms with van der Waals surface area (Å²) in [6, 6.07) is 16.9. The molecule has 9 nitrogen and oxygen atoms in total. The first-order chi connectivity index (χ1) is 16.8. The number of ether oxygens (including phenoxy) is 1. The molecule has 35 heavy (non-hydrogen) atoms. The molecule has 3 aromatic rings. The molecular weight excluding hydrogens is 584 g/mol. The van der Waals surface area contributed by atoms with Crippen LogP contribution in [0.15, 0.2) is 81.8 Å². The second-order valence-electron chi connectivity index (χ2n) is 6.86. The van der Waals surface area contributed by atoms with E-state index in [-0.39, 0.29) is 17.0 Å². The number of methoxy groups -OCH3 is 1. The lowest BCUT2D eigenvalue weighted by Crippen LogP contribution is -2.50. The molecule has 3 rings (SSSR count). The van der Waals surface area contributed by atoms with Gasteiger partial charge in [-0.05, 0) is 68.3 Å². The molecule has 0 saturated carbocycles. The van der Waals surface area contributed by atoms with Crippen molar-refractivity contribution in [2.45, 2.75) is 0 Å². The minimum absolute atomic E-state index is 0.0381. The van der Waals surface area contributed by atoms with Crippen molar-refractivity contribution in [1.29, 1.82) is 0 Å². The highest BCUT2D eigenvalue weighted by Crippen LogP contribution is 2.32. The molecule has 0 bridgehead atoms. The van der Waals surface area contributed by atoms with E-state index in [1.54, 1.807) is 54.6 Å². The van der Waals surface area contributed by atoms with Crippen molar-refractivity contribution in [2.24, 2.45) is 0 Å². The predicted molar refractivity (Wildman–Crippen MR) is 141 cm³/mol. The number of rotatable bonds is 5. The molecule has 0 atom stereocenters. The Hall–Kier alpha value is -3.83. The fourth-order valence-electron chi connectivity index (χ4n) is 2.86. The third kappa shape index (κ3) is 6.84. The van der Waals surface area contributed by atoms with Crippen molar-refractivity contribution >= 4 is 73.0 Å². The number of nitrogens with zero attached hydrogens (tertiary/aromatic N) is 1. The van der Waals surface area contributed by atoms with Gasteiger partial charge in [0.1, 0.15) is 11.4 Å². The molecule has 0 spiro atoms. The quantitative estimate of drug-likeness (QED) is 0.165. The fraction of sp³-hybridized carbons (Fsp3) is 0.0417. The Morgan fingerprint density at radius 3 is 2.09 bits per heavy atom. The number of esters is 1. The molecular formula is C24H20Br2N4O5. The van der Waals surface area contributed by atoms with Crippen molar-refractivity contribution in [2.75, 3.05) is 22.8 Å². The smallest absolute Gasteiger partial charge is 0.345 e. The molecule has 0 saturated heterocycles. The van der Waals surface area contributed by atoms with E-state index >= 15 is 0 Å². The highest BCUT2D eigenvalue weighted by molar-refractivity contribution is 9.11. The first-order valence-corrected chi connectivity index (χ1v) is 11.6. The number of nitrogens with one attached hydrogen (secondary N) is 3. The molecule has 0 heterocycles. The highest BCUT2D eigenvalue weighted by Gasteiger charge is 2.23. The number of anilines is 3. The molecule has 0 unspecified atom stereocenters. The maximum absolute atomic E-state index is 13.2. The molecule has 4 amide bonds. The number of carbonyl (C=O) groups excluding carboxylic acids is 3. The summed E-state index contributed by atoms with van der Waals surface area (Å²) in [5, 5.41) is 17.0. The van der Waals surface area contributed by atoms with Crippen LogP contribution in [0.1, 0.15) is 5.56 Å². The number of phenolic OH excluding ortho intramolecular Hbond substituents is 1. The Morgan fingerprint density at radius 2 is 1.49 bits per heavy atom. The van der Waals surface area contributed by atoms with Crippen LogP contribution < -0.4 is 21.1 Å². The molecule has 0 aliphatic heterocycles. The fourth-order valence-corrected chi connectivity index (χ4v) is 3.63. The SMILES string of the molecule is COC(=O)/C=C/c1cccc(N(NC(=O)Nc2ccccc2Br)C(=O)Nc2ccccc2Br)c1O. The minimum Gasteiger partial charge on any atom is -0.505 e. The van der Waals surface area contributed by atoms with Crippen LogP contribution in [0.25, 0.3) is 6.08 Å². The van der Waals surface area contributed by atoms with E-state index < -0.39 is 18.0 Å². The van der Waals surface area contributed by atoms with E-state index in [0.717, 1.165) is 11.1 Å². The molecule has 0 radical (unpaired) electrons. The molecule has 0 fully saturated rings. The van der Waals surface area contributed by atoms with Gasteiger partial charge in [-0.3, -0.25) is 0 Å². The molecule has 4 N–H and O–H groups in total. The first-order valence-electron chi connectivity index (χ1n) is 10.1. The zero-order valence-corrected chi connectivity index (χ0v) is 21.5. The number of hydrogen-bond acceptors (Lipinski definition) is 5. The first kappa shape index (κ1) is 25.8. The summed E-state index contributed by atoms with van der Waals surface area (Å²) in [4.78, 5) is 37.5. The highest BCUT2D eigenvalue weighted by atomic mass is 79.9. The van der Waals surface area contributed by atoms with Crippen molar-refractivity contribution in [3.8, 4) is 5.75 Å². The number of hydrogen-bond donors (Lipinski definition) is 4. The Bertz CT molecular complexity index is 1280. The number of phenols is 1. The Balaban J connectivity index is 1.94. The van der Waals surface area contributed by atoms with Gasteiger partial charge in [-0.2, -0.15) is 5.01 Å². The van der Waals surface area contributed by atoms with Crippen molar-refractivity contribution in [1.82, 2.24) is 5.43 Å². The average Bonchev–Trinajstić information content (AvgIpc) is 2.84. The summed E-state index contributed by atoms with van der Waals surface area (Å²) in [5.74, 6) is -0.972. The van der Waals surface area contributed by atoms with E-state index in [4.69, 9.17) is 0 Å². The molecule has 11 heteroatoms. The van der Waals surface area contributed by atoms with Gasteiger partial charge in [-0.1, -0.05) is 36.4 Å². The van der Waals surface area contributed by atoms with Crippen LogP contribution in [0.4, 0.5) is 26.7 Å². The summed E-state index contributed by atoms with van der Waals surface area (Å²) in [6.45, 7) is 0. The second kappa shape index (κ2) is 12.0. The number of benzene rings is 3. The topological polar surface area (TPSA) is 120 Å². The second-order valence-corrected chi connectivity index (χ2v) is 8.57. The van der Waals surface area contributed by atoms with Gasteiger partial charge in [0.05, 0.1) is 18.5 Å². The maximum Gasteiger partial charge on any atom is 0.345 e. The summed E-state index contributed by atoms with van der Waals surface area (Å²) < 4.78 is 5.82. The maximum atomic E-state index is 13.2. The molecule has 0 aliphatic carbocycles. The largest absolute Gasteiger partial charge is 0.505 e. The van der Waals surface area contributed by atoms with Crippen LogP contribution in [0.2, 0.25) is 0 Å². The lowest BCUT2D eigenvalue weighted by atomic mass is 10.1. The zero-order chi connectivity index (χ0) is 25.4.